The van der Waals surface area contributed by atoms with Gasteiger partial charge < -0.3 is 14.5 Å². The first-order valence-electron chi connectivity index (χ1n) is 14.5. The molecule has 3 aromatic rings. The molecule has 2 saturated heterocycles. The van der Waals surface area contributed by atoms with Crippen molar-refractivity contribution < 1.29 is 9.53 Å². The quantitative estimate of drug-likeness (QED) is 0.229. The van der Waals surface area contributed by atoms with Crippen molar-refractivity contribution in [3.05, 3.63) is 92.1 Å². The molecule has 2 aliphatic rings. The maximum Gasteiger partial charge on any atom is 0.270 e. The first-order chi connectivity index (χ1) is 20.9. The number of thiocarbonyl (C=S) groups is 1. The van der Waals surface area contributed by atoms with Gasteiger partial charge in [-0.1, -0.05) is 67.7 Å². The summed E-state index contributed by atoms with van der Waals surface area (Å²) in [4.78, 5) is 34.0. The normalized spacial score (nSPS) is 16.2. The number of amides is 1. The highest BCUT2D eigenvalue weighted by Crippen LogP contribution is 2.37. The number of aromatic nitrogens is 1. The Kier molecular flexibility index (Phi) is 9.53. The van der Waals surface area contributed by atoms with Crippen molar-refractivity contribution in [3.63, 3.8) is 0 Å². The van der Waals surface area contributed by atoms with E-state index in [1.165, 1.54) is 17.4 Å². The number of ether oxygens (including phenoxy) is 1. The van der Waals surface area contributed by atoms with E-state index in [1.807, 2.05) is 48.5 Å². The second-order valence-electron chi connectivity index (χ2n) is 10.6. The topological polar surface area (TPSA) is 81.8 Å². The Morgan fingerprint density at radius 3 is 2.33 bits per heavy atom. The highest BCUT2D eigenvalue weighted by Gasteiger charge is 2.34. The van der Waals surface area contributed by atoms with Crippen molar-refractivity contribution in [2.45, 2.75) is 39.8 Å². The molecular weight excluding hydrogens is 579 g/mol. The van der Waals surface area contributed by atoms with Gasteiger partial charge in [-0.2, -0.15) is 5.26 Å². The number of hydrogen-bond donors (Lipinski definition) is 0. The SMILES string of the molecule is CCCCn1c(N2CCN(c3ccccc3)CC2)c(C=C2SC(=S)N(Cc3ccc(OC)cc3)C2=O)c(C)c(C#N)c1=O. The van der Waals surface area contributed by atoms with Gasteiger partial charge in [-0.3, -0.25) is 19.1 Å². The maximum absolute atomic E-state index is 13.7. The molecule has 0 radical (unpaired) electrons. The highest BCUT2D eigenvalue weighted by atomic mass is 32.2. The van der Waals surface area contributed by atoms with E-state index in [4.69, 9.17) is 17.0 Å². The van der Waals surface area contributed by atoms with Crippen LogP contribution in [0.4, 0.5) is 11.5 Å². The Labute approximate surface area is 262 Å². The molecule has 0 N–H and O–H groups in total. The number of carbonyl (C=O) groups excluding carboxylic acids is 1. The number of benzene rings is 2. The molecule has 43 heavy (non-hydrogen) atoms. The van der Waals surface area contributed by atoms with Crippen molar-refractivity contribution >= 4 is 51.8 Å². The minimum absolute atomic E-state index is 0.114. The predicted octanol–water partition coefficient (Wildman–Crippen LogP) is 5.57. The van der Waals surface area contributed by atoms with Crippen LogP contribution in [0.15, 0.2) is 64.3 Å². The summed E-state index contributed by atoms with van der Waals surface area (Å²) in [6.07, 6.45) is 3.54. The molecule has 2 aliphatic heterocycles. The van der Waals surface area contributed by atoms with Crippen LogP contribution in [0, 0.1) is 18.3 Å². The van der Waals surface area contributed by atoms with Gasteiger partial charge in [-0.05, 0) is 54.8 Å². The summed E-state index contributed by atoms with van der Waals surface area (Å²) in [5.41, 5.74) is 3.25. The molecule has 1 aromatic heterocycles. The molecule has 0 bridgehead atoms. The lowest BCUT2D eigenvalue weighted by Gasteiger charge is -2.39. The number of rotatable bonds is 9. The fourth-order valence-corrected chi connectivity index (χ4v) is 6.74. The number of carbonyl (C=O) groups is 1. The monoisotopic (exact) mass is 613 g/mol. The third-order valence-corrected chi connectivity index (χ3v) is 9.31. The van der Waals surface area contributed by atoms with Crippen LogP contribution in [-0.4, -0.2) is 53.0 Å². The minimum atomic E-state index is -0.279. The van der Waals surface area contributed by atoms with Crippen LogP contribution in [0.25, 0.3) is 6.08 Å². The number of pyridine rings is 1. The van der Waals surface area contributed by atoms with Crippen molar-refractivity contribution in [3.8, 4) is 11.8 Å². The zero-order chi connectivity index (χ0) is 30.5. The Hall–Kier alpha value is -4.07. The lowest BCUT2D eigenvalue weighted by molar-refractivity contribution is -0.122. The third-order valence-electron chi connectivity index (χ3n) is 7.93. The van der Waals surface area contributed by atoms with E-state index in [9.17, 15) is 14.9 Å². The van der Waals surface area contributed by atoms with Crippen LogP contribution < -0.4 is 20.1 Å². The van der Waals surface area contributed by atoms with Gasteiger partial charge in [0.25, 0.3) is 11.5 Å². The summed E-state index contributed by atoms with van der Waals surface area (Å²) in [7, 11) is 1.62. The number of nitrogens with zero attached hydrogens (tertiary/aromatic N) is 5. The lowest BCUT2D eigenvalue weighted by atomic mass is 10.0. The van der Waals surface area contributed by atoms with Crippen LogP contribution >= 0.6 is 24.0 Å². The maximum atomic E-state index is 13.7. The zero-order valence-corrected chi connectivity index (χ0v) is 26.3. The second-order valence-corrected chi connectivity index (χ2v) is 12.3. The highest BCUT2D eigenvalue weighted by molar-refractivity contribution is 8.26. The minimum Gasteiger partial charge on any atom is -0.497 e. The van der Waals surface area contributed by atoms with Crippen molar-refractivity contribution in [2.75, 3.05) is 43.1 Å². The van der Waals surface area contributed by atoms with Gasteiger partial charge in [-0.15, -0.1) is 0 Å². The Balaban J connectivity index is 1.52. The standard InChI is InChI=1S/C33H35N5O3S2/c1-4-5-15-37-30(36-18-16-35(17-19-36)25-9-7-6-8-10-25)27(23(2)28(21-34)31(37)39)20-29-32(40)38(33(42)43-29)22-24-11-13-26(41-3)14-12-24/h6-14,20H,4-5,15-19,22H2,1-3H3. The van der Waals surface area contributed by atoms with Gasteiger partial charge in [0.1, 0.15) is 27.5 Å². The van der Waals surface area contributed by atoms with Crippen LogP contribution in [0.2, 0.25) is 0 Å². The first-order valence-corrected chi connectivity index (χ1v) is 15.7. The number of piperazine rings is 1. The summed E-state index contributed by atoms with van der Waals surface area (Å²) in [5.74, 6) is 1.33. The number of unbranched alkanes of at least 4 members (excludes halogenated alkanes) is 1. The molecule has 0 saturated carbocycles. The smallest absolute Gasteiger partial charge is 0.270 e. The number of anilines is 2. The molecule has 1 amide bonds. The number of methoxy groups -OCH3 is 1. The number of nitriles is 1. The summed E-state index contributed by atoms with van der Waals surface area (Å²) in [6, 6.07) is 20.0. The molecule has 0 spiro atoms. The average molecular weight is 614 g/mol. The van der Waals surface area contributed by atoms with Crippen LogP contribution in [0.5, 0.6) is 5.75 Å². The molecule has 8 nitrogen and oxygen atoms in total. The number of hydrogen-bond acceptors (Lipinski definition) is 8. The molecule has 3 heterocycles. The van der Waals surface area contributed by atoms with Gasteiger partial charge in [-0.25, -0.2) is 0 Å². The lowest BCUT2D eigenvalue weighted by Crippen LogP contribution is -2.48. The molecule has 0 unspecified atom stereocenters. The summed E-state index contributed by atoms with van der Waals surface area (Å²) in [6.45, 7) is 7.70. The van der Waals surface area contributed by atoms with Gasteiger partial charge in [0.05, 0.1) is 18.6 Å². The molecule has 5 rings (SSSR count). The molecular formula is C33H35N5O3S2. The molecule has 10 heteroatoms. The van der Waals surface area contributed by atoms with E-state index < -0.39 is 0 Å². The molecule has 2 fully saturated rings. The average Bonchev–Trinajstić information content (AvgIpc) is 3.30. The molecule has 0 aliphatic carbocycles. The van der Waals surface area contributed by atoms with Gasteiger partial charge >= 0.3 is 0 Å². The van der Waals surface area contributed by atoms with E-state index >= 15 is 0 Å². The van der Waals surface area contributed by atoms with Crippen molar-refractivity contribution in [1.82, 2.24) is 9.47 Å². The van der Waals surface area contributed by atoms with Crippen LogP contribution in [-0.2, 0) is 17.9 Å². The predicted molar refractivity (Wildman–Crippen MR) is 178 cm³/mol. The summed E-state index contributed by atoms with van der Waals surface area (Å²) in [5, 5.41) is 10.0. The fraction of sp³-hybridized carbons (Fsp3) is 0.333. The van der Waals surface area contributed by atoms with E-state index in [0.717, 1.165) is 48.6 Å². The third kappa shape index (κ3) is 6.33. The van der Waals surface area contributed by atoms with E-state index in [1.54, 1.807) is 23.5 Å². The first kappa shape index (κ1) is 30.4. The van der Waals surface area contributed by atoms with E-state index in [-0.39, 0.29) is 17.0 Å². The molecule has 2 aromatic carbocycles. The van der Waals surface area contributed by atoms with Crippen LogP contribution in [0.3, 0.4) is 0 Å². The van der Waals surface area contributed by atoms with Gasteiger partial charge in [0, 0.05) is 44.0 Å². The largest absolute Gasteiger partial charge is 0.497 e. The van der Waals surface area contributed by atoms with E-state index in [0.29, 0.717) is 41.0 Å². The van der Waals surface area contributed by atoms with Crippen molar-refractivity contribution in [1.29, 1.82) is 5.26 Å². The Morgan fingerprint density at radius 2 is 1.70 bits per heavy atom. The van der Waals surface area contributed by atoms with E-state index in [2.05, 4.69) is 34.9 Å². The van der Waals surface area contributed by atoms with Gasteiger partial charge in [0.2, 0.25) is 0 Å². The number of para-hydroxylation sites is 1. The summed E-state index contributed by atoms with van der Waals surface area (Å²) >= 11 is 6.89. The fourth-order valence-electron chi connectivity index (χ4n) is 5.50. The molecule has 222 valence electrons. The van der Waals surface area contributed by atoms with Crippen molar-refractivity contribution in [2.24, 2.45) is 0 Å². The second kappa shape index (κ2) is 13.5. The Morgan fingerprint density at radius 1 is 1.02 bits per heavy atom. The Bertz CT molecular complexity index is 1640. The van der Waals surface area contributed by atoms with Crippen LogP contribution in [0.1, 0.15) is 42.0 Å². The summed E-state index contributed by atoms with van der Waals surface area (Å²) < 4.78 is 7.48. The number of thioether (sulfide) groups is 1. The molecule has 0 atom stereocenters. The van der Waals surface area contributed by atoms with Gasteiger partial charge in [0.15, 0.2) is 0 Å². The zero-order valence-electron chi connectivity index (χ0n) is 24.7.